The number of nitriles is 1. The maximum Gasteiger partial charge on any atom is 0.255 e. The van der Waals surface area contributed by atoms with Crippen LogP contribution in [-0.4, -0.2) is 23.9 Å². The van der Waals surface area contributed by atoms with Crippen molar-refractivity contribution < 1.29 is 4.79 Å². The fraction of sp³-hybridized carbons (Fsp3) is 0.385. The molecule has 84 valence electrons. The van der Waals surface area contributed by atoms with Gasteiger partial charge in [0.15, 0.2) is 0 Å². The van der Waals surface area contributed by atoms with Crippen molar-refractivity contribution in [1.29, 1.82) is 5.26 Å². The summed E-state index contributed by atoms with van der Waals surface area (Å²) in [7, 11) is 1.65. The van der Waals surface area contributed by atoms with Gasteiger partial charge in [0.1, 0.15) is 6.04 Å². The second-order valence-corrected chi connectivity index (χ2v) is 3.99. The minimum atomic E-state index is -0.411. The number of hydrogen-bond acceptors (Lipinski definition) is 2. The number of amides is 1. The van der Waals surface area contributed by atoms with Gasteiger partial charge >= 0.3 is 0 Å². The Kier molecular flexibility index (Phi) is 3.68. The number of benzene rings is 1. The zero-order valence-electron chi connectivity index (χ0n) is 10.1. The van der Waals surface area contributed by atoms with Crippen LogP contribution in [-0.2, 0) is 0 Å². The van der Waals surface area contributed by atoms with Crippen molar-refractivity contribution in [2.45, 2.75) is 26.8 Å². The topological polar surface area (TPSA) is 44.1 Å². The largest absolute Gasteiger partial charge is 0.326 e. The van der Waals surface area contributed by atoms with E-state index >= 15 is 0 Å². The first kappa shape index (κ1) is 12.3. The molecule has 0 saturated carbocycles. The molecule has 0 aliphatic rings. The first-order chi connectivity index (χ1) is 7.49. The van der Waals surface area contributed by atoms with Crippen LogP contribution in [0.2, 0.25) is 0 Å². The molecule has 0 N–H and O–H groups in total. The van der Waals surface area contributed by atoms with E-state index in [0.29, 0.717) is 5.56 Å². The third-order valence-corrected chi connectivity index (χ3v) is 2.78. The summed E-state index contributed by atoms with van der Waals surface area (Å²) in [6, 6.07) is 7.39. The monoisotopic (exact) mass is 216 g/mol. The molecule has 0 aliphatic carbocycles. The lowest BCUT2D eigenvalue weighted by molar-refractivity contribution is 0.0771. The van der Waals surface area contributed by atoms with Gasteiger partial charge in [0, 0.05) is 12.6 Å². The molecule has 0 bridgehead atoms. The molecule has 1 unspecified atom stereocenters. The van der Waals surface area contributed by atoms with Crippen molar-refractivity contribution >= 4 is 5.91 Å². The molecule has 0 radical (unpaired) electrons. The average Bonchev–Trinajstić information content (AvgIpc) is 2.26. The van der Waals surface area contributed by atoms with Gasteiger partial charge in [-0.2, -0.15) is 5.26 Å². The molecule has 1 atom stereocenters. The van der Waals surface area contributed by atoms with Gasteiger partial charge in [0.05, 0.1) is 6.07 Å². The first-order valence-electron chi connectivity index (χ1n) is 5.22. The van der Waals surface area contributed by atoms with Gasteiger partial charge in [-0.25, -0.2) is 0 Å². The average molecular weight is 216 g/mol. The summed E-state index contributed by atoms with van der Waals surface area (Å²) in [4.78, 5) is 13.6. The first-order valence-corrected chi connectivity index (χ1v) is 5.22. The highest BCUT2D eigenvalue weighted by Gasteiger charge is 2.19. The third kappa shape index (κ3) is 2.22. The minimum absolute atomic E-state index is 0.0929. The second kappa shape index (κ2) is 4.80. The van der Waals surface area contributed by atoms with E-state index in [2.05, 4.69) is 6.07 Å². The standard InChI is InChI=1S/C13H16N2O/c1-9-6-5-7-10(2)12(9)13(16)15(4)11(3)8-14/h5-7,11H,1-4H3. The number of rotatable bonds is 2. The maximum absolute atomic E-state index is 12.2. The highest BCUT2D eigenvalue weighted by molar-refractivity contribution is 5.97. The summed E-state index contributed by atoms with van der Waals surface area (Å²) in [5.74, 6) is -0.0929. The molecule has 3 heteroatoms. The van der Waals surface area contributed by atoms with Crippen molar-refractivity contribution in [3.05, 3.63) is 34.9 Å². The predicted octanol–water partition coefficient (Wildman–Crippen LogP) is 2.29. The van der Waals surface area contributed by atoms with Crippen LogP contribution in [0.15, 0.2) is 18.2 Å². The van der Waals surface area contributed by atoms with E-state index in [-0.39, 0.29) is 5.91 Å². The third-order valence-electron chi connectivity index (χ3n) is 2.78. The summed E-state index contributed by atoms with van der Waals surface area (Å²) < 4.78 is 0. The molecule has 16 heavy (non-hydrogen) atoms. The summed E-state index contributed by atoms with van der Waals surface area (Å²) in [5, 5.41) is 8.80. The fourth-order valence-corrected chi connectivity index (χ4v) is 1.59. The van der Waals surface area contributed by atoms with Crippen molar-refractivity contribution in [2.24, 2.45) is 0 Å². The lowest BCUT2D eigenvalue weighted by Crippen LogP contribution is -2.34. The van der Waals surface area contributed by atoms with Crippen LogP contribution in [0.1, 0.15) is 28.4 Å². The van der Waals surface area contributed by atoms with Crippen LogP contribution >= 0.6 is 0 Å². The SMILES string of the molecule is Cc1cccc(C)c1C(=O)N(C)C(C)C#N. The number of carbonyl (C=O) groups is 1. The zero-order valence-corrected chi connectivity index (χ0v) is 10.1. The lowest BCUT2D eigenvalue weighted by Gasteiger charge is -2.21. The number of hydrogen-bond donors (Lipinski definition) is 0. The molecule has 3 nitrogen and oxygen atoms in total. The van der Waals surface area contributed by atoms with Crippen LogP contribution < -0.4 is 0 Å². The number of aryl methyl sites for hydroxylation is 2. The molecule has 0 aromatic heterocycles. The van der Waals surface area contributed by atoms with Gasteiger partial charge in [0.2, 0.25) is 0 Å². The quantitative estimate of drug-likeness (QED) is 0.761. The zero-order chi connectivity index (χ0) is 12.3. The molecule has 1 aromatic carbocycles. The van der Waals surface area contributed by atoms with Gasteiger partial charge in [-0.3, -0.25) is 4.79 Å². The molecular formula is C13H16N2O. The Morgan fingerprint density at radius 3 is 2.31 bits per heavy atom. The molecule has 0 spiro atoms. The van der Waals surface area contributed by atoms with Crippen LogP contribution in [0.25, 0.3) is 0 Å². The van der Waals surface area contributed by atoms with Crippen LogP contribution in [0.4, 0.5) is 0 Å². The Labute approximate surface area is 96.3 Å². The van der Waals surface area contributed by atoms with Crippen LogP contribution in [0.5, 0.6) is 0 Å². The maximum atomic E-state index is 12.2. The van der Waals surface area contributed by atoms with E-state index in [1.165, 1.54) is 4.90 Å². The van der Waals surface area contributed by atoms with Gasteiger partial charge in [0.25, 0.3) is 5.91 Å². The van der Waals surface area contributed by atoms with E-state index in [0.717, 1.165) is 11.1 Å². The smallest absolute Gasteiger partial charge is 0.255 e. The Hall–Kier alpha value is -1.82. The second-order valence-electron chi connectivity index (χ2n) is 3.99. The van der Waals surface area contributed by atoms with Crippen LogP contribution in [0, 0.1) is 25.2 Å². The van der Waals surface area contributed by atoms with E-state index < -0.39 is 6.04 Å². The molecule has 1 rings (SSSR count). The van der Waals surface area contributed by atoms with Crippen molar-refractivity contribution in [2.75, 3.05) is 7.05 Å². The Balaban J connectivity index is 3.11. The summed E-state index contributed by atoms with van der Waals surface area (Å²) in [6.07, 6.45) is 0. The van der Waals surface area contributed by atoms with Crippen molar-refractivity contribution in [3.8, 4) is 6.07 Å². The normalized spacial score (nSPS) is 11.7. The minimum Gasteiger partial charge on any atom is -0.326 e. The summed E-state index contributed by atoms with van der Waals surface area (Å²) >= 11 is 0. The Morgan fingerprint density at radius 1 is 1.38 bits per heavy atom. The molecule has 1 amide bonds. The van der Waals surface area contributed by atoms with E-state index in [1.54, 1.807) is 14.0 Å². The van der Waals surface area contributed by atoms with E-state index in [4.69, 9.17) is 5.26 Å². The molecule has 0 saturated heterocycles. The molecular weight excluding hydrogens is 200 g/mol. The highest BCUT2D eigenvalue weighted by atomic mass is 16.2. The van der Waals surface area contributed by atoms with Gasteiger partial charge in [-0.15, -0.1) is 0 Å². The molecule has 1 aromatic rings. The lowest BCUT2D eigenvalue weighted by atomic mass is 10.0. The van der Waals surface area contributed by atoms with E-state index in [9.17, 15) is 4.79 Å². The highest BCUT2D eigenvalue weighted by Crippen LogP contribution is 2.16. The van der Waals surface area contributed by atoms with Gasteiger partial charge in [-0.05, 0) is 31.9 Å². The molecule has 0 heterocycles. The van der Waals surface area contributed by atoms with Gasteiger partial charge < -0.3 is 4.90 Å². The van der Waals surface area contributed by atoms with Crippen molar-refractivity contribution in [1.82, 2.24) is 4.90 Å². The molecule has 0 fully saturated rings. The number of carbonyl (C=O) groups excluding carboxylic acids is 1. The fourth-order valence-electron chi connectivity index (χ4n) is 1.59. The van der Waals surface area contributed by atoms with Crippen LogP contribution in [0.3, 0.4) is 0 Å². The van der Waals surface area contributed by atoms with Crippen molar-refractivity contribution in [3.63, 3.8) is 0 Å². The Morgan fingerprint density at radius 2 is 1.88 bits per heavy atom. The summed E-state index contributed by atoms with van der Waals surface area (Å²) in [6.45, 7) is 5.53. The molecule has 0 aliphatic heterocycles. The number of nitrogens with zero attached hydrogens (tertiary/aromatic N) is 2. The van der Waals surface area contributed by atoms with Gasteiger partial charge in [-0.1, -0.05) is 18.2 Å². The van der Waals surface area contributed by atoms with E-state index in [1.807, 2.05) is 32.0 Å². The Bertz CT molecular complexity index is 425. The predicted molar refractivity (Wildman–Crippen MR) is 63.1 cm³/mol. The summed E-state index contributed by atoms with van der Waals surface area (Å²) in [5.41, 5.74) is 2.59.